The summed E-state index contributed by atoms with van der Waals surface area (Å²) in [6, 6.07) is 8.03. The first-order valence-electron chi connectivity index (χ1n) is 12.2. The van der Waals surface area contributed by atoms with Gasteiger partial charge in [-0.2, -0.15) is 22.0 Å². The highest BCUT2D eigenvalue weighted by molar-refractivity contribution is 5.86. The van der Waals surface area contributed by atoms with Crippen molar-refractivity contribution in [1.29, 1.82) is 0 Å². The molecule has 4 rings (SSSR count). The zero-order valence-electron chi connectivity index (χ0n) is 20.1. The molecule has 0 heterocycles. The summed E-state index contributed by atoms with van der Waals surface area (Å²) in [5, 5.41) is -0.813. The molecule has 3 aromatic carbocycles. The third-order valence-corrected chi connectivity index (χ3v) is 6.65. The van der Waals surface area contributed by atoms with Crippen molar-refractivity contribution >= 4 is 10.8 Å². The van der Waals surface area contributed by atoms with Crippen LogP contribution < -0.4 is 4.74 Å². The normalized spacial score (nSPS) is 15.7. The van der Waals surface area contributed by atoms with Crippen LogP contribution in [0.25, 0.3) is 10.8 Å². The van der Waals surface area contributed by atoms with Crippen molar-refractivity contribution in [3.63, 3.8) is 0 Å². The van der Waals surface area contributed by atoms with E-state index in [1.54, 1.807) is 12.0 Å². The van der Waals surface area contributed by atoms with Gasteiger partial charge in [-0.15, -0.1) is 0 Å². The van der Waals surface area contributed by atoms with Crippen molar-refractivity contribution in [3.05, 3.63) is 76.4 Å². The average molecular weight is 523 g/mol. The molecule has 0 spiro atoms. The molecule has 0 aliphatic heterocycles. The molecule has 0 bridgehead atoms. The first-order chi connectivity index (χ1) is 17.5. The van der Waals surface area contributed by atoms with E-state index in [1.807, 2.05) is 0 Å². The van der Waals surface area contributed by atoms with Gasteiger partial charge in [-0.3, -0.25) is 0 Å². The molecular formula is C29H25F7O. The first kappa shape index (κ1) is 26.8. The molecule has 0 amide bonds. The Hall–Kier alpha value is -3.21. The average Bonchev–Trinajstić information content (AvgIpc) is 2.82. The topological polar surface area (TPSA) is 9.23 Å². The van der Waals surface area contributed by atoms with E-state index in [-0.39, 0.29) is 10.9 Å². The number of aryl methyl sites for hydroxylation is 1. The fourth-order valence-corrected chi connectivity index (χ4v) is 4.79. The fourth-order valence-electron chi connectivity index (χ4n) is 4.79. The Bertz CT molecular complexity index is 1350. The lowest BCUT2D eigenvalue weighted by Crippen LogP contribution is -2.23. The fraction of sp³-hybridized carbons (Fsp3) is 0.379. The van der Waals surface area contributed by atoms with Crippen LogP contribution in [0.2, 0.25) is 0 Å². The van der Waals surface area contributed by atoms with Crippen molar-refractivity contribution in [3.8, 4) is 17.6 Å². The van der Waals surface area contributed by atoms with Crippen LogP contribution in [0.15, 0.2) is 42.5 Å². The van der Waals surface area contributed by atoms with E-state index >= 15 is 8.78 Å². The van der Waals surface area contributed by atoms with Crippen molar-refractivity contribution in [2.24, 2.45) is 5.92 Å². The van der Waals surface area contributed by atoms with E-state index in [9.17, 15) is 22.0 Å². The van der Waals surface area contributed by atoms with Crippen LogP contribution in [0.4, 0.5) is 30.7 Å². The highest BCUT2D eigenvalue weighted by atomic mass is 19.4. The zero-order chi connectivity index (χ0) is 26.8. The van der Waals surface area contributed by atoms with E-state index in [1.165, 1.54) is 18.6 Å². The molecule has 8 heteroatoms. The summed E-state index contributed by atoms with van der Waals surface area (Å²) < 4.78 is 101. The summed E-state index contributed by atoms with van der Waals surface area (Å²) in [6.07, 6.45) is -1.55. The Kier molecular flexibility index (Phi) is 7.72. The van der Waals surface area contributed by atoms with Gasteiger partial charge in [0.25, 0.3) is 0 Å². The molecule has 0 aromatic heterocycles. The van der Waals surface area contributed by atoms with Crippen LogP contribution in [0.1, 0.15) is 61.3 Å². The number of hydrogen-bond donors (Lipinski definition) is 0. The van der Waals surface area contributed by atoms with Gasteiger partial charge in [0.05, 0.1) is 16.5 Å². The maximum absolute atomic E-state index is 15.0. The van der Waals surface area contributed by atoms with Gasteiger partial charge in [0.15, 0.2) is 0 Å². The van der Waals surface area contributed by atoms with Gasteiger partial charge >= 0.3 is 12.3 Å². The minimum Gasteiger partial charge on any atom is -0.429 e. The summed E-state index contributed by atoms with van der Waals surface area (Å²) in [5.41, 5.74) is 0.847. The number of alkyl halides is 5. The second-order valence-electron chi connectivity index (χ2n) is 9.39. The second-order valence-corrected chi connectivity index (χ2v) is 9.39. The molecule has 0 saturated heterocycles. The molecule has 1 unspecified atom stereocenters. The van der Waals surface area contributed by atoms with Crippen molar-refractivity contribution < 1.29 is 35.5 Å². The van der Waals surface area contributed by atoms with E-state index in [2.05, 4.69) is 6.92 Å². The number of ether oxygens (including phenoxy) is 1. The van der Waals surface area contributed by atoms with Crippen LogP contribution in [0.5, 0.6) is 5.75 Å². The molecule has 0 radical (unpaired) electrons. The summed E-state index contributed by atoms with van der Waals surface area (Å²) in [6.45, 7) is 2.15. The Morgan fingerprint density at radius 1 is 0.946 bits per heavy atom. The smallest absolute Gasteiger partial charge is 0.429 e. The molecule has 1 atom stereocenters. The van der Waals surface area contributed by atoms with E-state index in [4.69, 9.17) is 4.74 Å². The van der Waals surface area contributed by atoms with Crippen LogP contribution in [0, 0.1) is 29.4 Å². The predicted octanol–water partition coefficient (Wildman–Crippen LogP) is 8.85. The van der Waals surface area contributed by atoms with Gasteiger partial charge in [-0.1, -0.05) is 50.7 Å². The van der Waals surface area contributed by atoms with E-state index in [0.717, 1.165) is 67.4 Å². The molecule has 37 heavy (non-hydrogen) atoms. The maximum Gasteiger partial charge on any atom is 0.458 e. The molecule has 1 aliphatic carbocycles. The summed E-state index contributed by atoms with van der Waals surface area (Å²) in [7, 11) is 0. The SMILES string of the molecule is CCCCCC1CCc2cc(C(F)(F)Oc3cc(F)c4c(F)c(C#CC(F)(F)F)ccc4c3)ccc2C1. The molecular weight excluding hydrogens is 497 g/mol. The third kappa shape index (κ3) is 6.38. The summed E-state index contributed by atoms with van der Waals surface area (Å²) in [5.74, 6) is -0.0248. The molecule has 0 saturated carbocycles. The van der Waals surface area contributed by atoms with Crippen LogP contribution in [0.3, 0.4) is 0 Å². The van der Waals surface area contributed by atoms with Crippen molar-refractivity contribution in [1.82, 2.24) is 0 Å². The maximum atomic E-state index is 15.0. The van der Waals surface area contributed by atoms with Gasteiger partial charge in [0, 0.05) is 12.0 Å². The minimum absolute atomic E-state index is 0.152. The lowest BCUT2D eigenvalue weighted by atomic mass is 9.81. The standard InChI is InChI=1S/C29H25F7O/c1-2-3-4-5-18-6-7-21-15-23(11-10-20(21)14-18)29(35,36)37-24-16-22-9-8-19(12-13-28(32,33)34)27(31)26(22)25(30)17-24/h8-11,15-18H,2-7,14H2,1H3. The highest BCUT2D eigenvalue weighted by Crippen LogP contribution is 2.37. The number of unbranched alkanes of at least 4 members (excludes halogenated alkanes) is 2. The molecule has 0 N–H and O–H groups in total. The van der Waals surface area contributed by atoms with E-state index in [0.29, 0.717) is 18.4 Å². The third-order valence-electron chi connectivity index (χ3n) is 6.65. The van der Waals surface area contributed by atoms with E-state index < -0.39 is 40.6 Å². The first-order valence-corrected chi connectivity index (χ1v) is 12.2. The van der Waals surface area contributed by atoms with Crippen LogP contribution >= 0.6 is 0 Å². The lowest BCUT2D eigenvalue weighted by molar-refractivity contribution is -0.185. The number of fused-ring (bicyclic) bond motifs is 2. The summed E-state index contributed by atoms with van der Waals surface area (Å²) >= 11 is 0. The highest BCUT2D eigenvalue weighted by Gasteiger charge is 2.36. The molecule has 196 valence electrons. The van der Waals surface area contributed by atoms with Crippen LogP contribution in [-0.2, 0) is 19.0 Å². The number of hydrogen-bond acceptors (Lipinski definition) is 1. The van der Waals surface area contributed by atoms with Gasteiger partial charge in [-0.05, 0) is 66.0 Å². The number of halogens is 7. The van der Waals surface area contributed by atoms with Crippen molar-refractivity contribution in [2.75, 3.05) is 0 Å². The monoisotopic (exact) mass is 522 g/mol. The quantitative estimate of drug-likeness (QED) is 0.171. The molecule has 3 aromatic rings. The Morgan fingerprint density at radius 2 is 1.73 bits per heavy atom. The van der Waals surface area contributed by atoms with Gasteiger partial charge < -0.3 is 4.74 Å². The Balaban J connectivity index is 1.55. The zero-order valence-corrected chi connectivity index (χ0v) is 20.1. The molecule has 0 fully saturated rings. The van der Waals surface area contributed by atoms with Crippen molar-refractivity contribution in [2.45, 2.75) is 64.2 Å². The second kappa shape index (κ2) is 10.6. The largest absolute Gasteiger partial charge is 0.458 e. The van der Waals surface area contributed by atoms with Gasteiger partial charge in [0.1, 0.15) is 17.4 Å². The Morgan fingerprint density at radius 3 is 2.46 bits per heavy atom. The van der Waals surface area contributed by atoms with Gasteiger partial charge in [0.2, 0.25) is 0 Å². The molecule has 1 aliphatic rings. The lowest BCUT2D eigenvalue weighted by Gasteiger charge is -2.26. The minimum atomic E-state index is -4.85. The predicted molar refractivity (Wildman–Crippen MR) is 127 cm³/mol. The Labute approximate surface area is 210 Å². The van der Waals surface area contributed by atoms with Gasteiger partial charge in [-0.25, -0.2) is 8.78 Å². The van der Waals surface area contributed by atoms with Crippen LogP contribution in [-0.4, -0.2) is 6.18 Å². The number of benzene rings is 3. The summed E-state index contributed by atoms with van der Waals surface area (Å²) in [4.78, 5) is 0. The number of rotatable bonds is 7. The molecule has 1 nitrogen and oxygen atoms in total.